The predicted octanol–water partition coefficient (Wildman–Crippen LogP) is 4.16. The fourth-order valence-corrected chi connectivity index (χ4v) is 4.25. The molecule has 0 saturated carbocycles. The average Bonchev–Trinajstić information content (AvgIpc) is 3.12. The van der Waals surface area contributed by atoms with Crippen molar-refractivity contribution in [2.75, 3.05) is 36.5 Å². The molecule has 4 N–H and O–H groups in total. The van der Waals surface area contributed by atoms with Crippen LogP contribution >= 0.6 is 0 Å². The number of nitrogens with zero attached hydrogens (tertiary/aromatic N) is 3. The van der Waals surface area contributed by atoms with E-state index in [4.69, 9.17) is 20.6 Å². The number of hydrogen-bond acceptors (Lipinski definition) is 7. The Hall–Kier alpha value is -4.57. The molecule has 3 aromatic carbocycles. The lowest BCUT2D eigenvalue weighted by Crippen LogP contribution is -2.37. The predicted molar refractivity (Wildman–Crippen MR) is 151 cm³/mol. The van der Waals surface area contributed by atoms with Gasteiger partial charge in [0.05, 0.1) is 30.2 Å². The number of benzene rings is 3. The van der Waals surface area contributed by atoms with Crippen LogP contribution in [0, 0.1) is 11.2 Å². The molecule has 9 nitrogen and oxygen atoms in total. The van der Waals surface area contributed by atoms with Crippen LogP contribution in [-0.2, 0) is 14.3 Å². The Bertz CT molecular complexity index is 1390. The number of amides is 1. The molecule has 0 bridgehead atoms. The van der Waals surface area contributed by atoms with Crippen molar-refractivity contribution in [1.29, 1.82) is 5.41 Å². The number of hydrogen-bond donors (Lipinski definition) is 3. The molecule has 1 atom stereocenters. The Labute approximate surface area is 226 Å². The van der Waals surface area contributed by atoms with Crippen LogP contribution in [0.2, 0.25) is 0 Å². The minimum atomic E-state index is -1.36. The van der Waals surface area contributed by atoms with Crippen molar-refractivity contribution in [3.63, 3.8) is 0 Å². The van der Waals surface area contributed by atoms with Crippen molar-refractivity contribution in [2.45, 2.75) is 20.0 Å². The Kier molecular flexibility index (Phi) is 9.01. The number of para-hydroxylation sites is 2. The van der Waals surface area contributed by atoms with Crippen LogP contribution in [0.3, 0.4) is 0 Å². The largest absolute Gasteiger partial charge is 0.407 e. The van der Waals surface area contributed by atoms with Crippen LogP contribution in [0.25, 0.3) is 0 Å². The van der Waals surface area contributed by atoms with E-state index in [0.717, 1.165) is 5.69 Å². The van der Waals surface area contributed by atoms with E-state index in [2.05, 4.69) is 20.2 Å². The molecule has 2 aliphatic heterocycles. The maximum Gasteiger partial charge on any atom is 0.291 e. The molecular weight excluding hydrogens is 499 g/mol. The van der Waals surface area contributed by atoms with Gasteiger partial charge >= 0.3 is 0 Å². The van der Waals surface area contributed by atoms with Gasteiger partial charge in [-0.05, 0) is 18.2 Å². The second kappa shape index (κ2) is 12.8. The molecule has 2 heterocycles. The quantitative estimate of drug-likeness (QED) is 0.345. The summed E-state index contributed by atoms with van der Waals surface area (Å²) in [5.74, 6) is -1.49. The summed E-state index contributed by atoms with van der Waals surface area (Å²) in [5, 5.41) is 11.1. The van der Waals surface area contributed by atoms with Crippen LogP contribution in [0.15, 0.2) is 82.8 Å². The van der Waals surface area contributed by atoms with E-state index in [1.165, 1.54) is 6.07 Å². The van der Waals surface area contributed by atoms with Crippen molar-refractivity contribution < 1.29 is 18.7 Å². The zero-order valence-electron chi connectivity index (χ0n) is 21.9. The number of benzodiazepines with no additional fused rings is 1. The van der Waals surface area contributed by atoms with Gasteiger partial charge in [0.1, 0.15) is 5.82 Å². The highest BCUT2D eigenvalue weighted by atomic mass is 19.1. The Balaban J connectivity index is 0.00000172. The van der Waals surface area contributed by atoms with E-state index < -0.39 is 23.9 Å². The number of rotatable bonds is 4. The first-order chi connectivity index (χ1) is 19.0. The number of morpholine rings is 1. The summed E-state index contributed by atoms with van der Waals surface area (Å²) < 4.78 is 25.6. The smallest absolute Gasteiger partial charge is 0.291 e. The number of anilines is 2. The lowest BCUT2D eigenvalue weighted by molar-refractivity contribution is -0.117. The molecule has 0 aliphatic carbocycles. The topological polar surface area (TPSA) is 125 Å². The molecule has 5 rings (SSSR count). The molecule has 1 unspecified atom stereocenters. The number of fused-ring (bicyclic) bond motifs is 1. The molecule has 1 fully saturated rings. The summed E-state index contributed by atoms with van der Waals surface area (Å²) in [5.41, 5.74) is 8.86. The SMILES string of the molecule is CC.N=C(O/C(N)=N/C1N=C(c2ccccc2)c2cccc(F)c2NC1=O)c1ccccc1N1CCOCC1. The zero-order chi connectivity index (χ0) is 27.8. The third kappa shape index (κ3) is 6.29. The average molecular weight is 531 g/mol. The van der Waals surface area contributed by atoms with Crippen LogP contribution < -0.4 is 16.0 Å². The van der Waals surface area contributed by atoms with Crippen molar-refractivity contribution in [1.82, 2.24) is 0 Å². The molecular formula is C29H31FN6O3. The second-order valence-corrected chi connectivity index (χ2v) is 8.38. The number of halogens is 1. The number of aliphatic imine (C=N–C) groups is 2. The molecule has 0 spiro atoms. The maximum atomic E-state index is 14.7. The van der Waals surface area contributed by atoms with Crippen molar-refractivity contribution in [3.05, 3.63) is 95.3 Å². The number of amidine groups is 1. The number of nitrogens with two attached hydrogens (primary N) is 1. The van der Waals surface area contributed by atoms with Crippen molar-refractivity contribution in [2.24, 2.45) is 15.7 Å². The molecule has 39 heavy (non-hydrogen) atoms. The fraction of sp³-hybridized carbons (Fsp3) is 0.241. The summed E-state index contributed by atoms with van der Waals surface area (Å²) >= 11 is 0. The van der Waals surface area contributed by atoms with Gasteiger partial charge in [-0.2, -0.15) is 4.99 Å². The first-order valence-electron chi connectivity index (χ1n) is 12.8. The highest BCUT2D eigenvalue weighted by Gasteiger charge is 2.28. The number of carbonyl (C=O) groups is 1. The van der Waals surface area contributed by atoms with E-state index in [1.807, 2.05) is 56.3 Å². The Morgan fingerprint density at radius 2 is 1.77 bits per heavy atom. The third-order valence-electron chi connectivity index (χ3n) is 6.01. The van der Waals surface area contributed by atoms with Gasteiger partial charge in [0.2, 0.25) is 12.1 Å². The Morgan fingerprint density at radius 3 is 2.51 bits per heavy atom. The van der Waals surface area contributed by atoms with Crippen molar-refractivity contribution in [3.8, 4) is 0 Å². The lowest BCUT2D eigenvalue weighted by atomic mass is 10.0. The standard InChI is InChI=1S/C27H25FN6O3.C2H6/c28-20-11-6-10-19-22(17-7-2-1-3-8-17)31-25(26(35)32-23(19)20)33-27(30)37-24(29)18-9-4-5-12-21(18)34-13-15-36-16-14-34;1-2/h1-12,25,29H,13-16H2,(H2,30,33)(H,32,35);1-2H3. The van der Waals surface area contributed by atoms with Crippen LogP contribution in [0.4, 0.5) is 15.8 Å². The van der Waals surface area contributed by atoms with Gasteiger partial charge < -0.3 is 25.4 Å². The number of carbonyl (C=O) groups excluding carboxylic acids is 1. The molecule has 202 valence electrons. The van der Waals surface area contributed by atoms with Crippen molar-refractivity contribution >= 4 is 34.9 Å². The molecule has 3 aromatic rings. The van der Waals surface area contributed by atoms with Gasteiger partial charge in [-0.15, -0.1) is 0 Å². The molecule has 0 aromatic heterocycles. The van der Waals surface area contributed by atoms with Gasteiger partial charge in [0, 0.05) is 29.9 Å². The highest BCUT2D eigenvalue weighted by Crippen LogP contribution is 2.27. The summed E-state index contributed by atoms with van der Waals surface area (Å²) in [6, 6.07) is 20.5. The molecule has 2 aliphatic rings. The molecule has 10 heteroatoms. The van der Waals surface area contributed by atoms with Gasteiger partial charge in [-0.1, -0.05) is 68.4 Å². The minimum absolute atomic E-state index is 0.0134. The molecule has 1 amide bonds. The first kappa shape index (κ1) is 27.5. The van der Waals surface area contributed by atoms with E-state index in [1.54, 1.807) is 24.3 Å². The van der Waals surface area contributed by atoms with Gasteiger partial charge in [-0.3, -0.25) is 10.2 Å². The minimum Gasteiger partial charge on any atom is -0.407 e. The second-order valence-electron chi connectivity index (χ2n) is 8.38. The van der Waals surface area contributed by atoms with E-state index >= 15 is 0 Å². The normalized spacial score (nSPS) is 17.1. The Morgan fingerprint density at radius 1 is 1.08 bits per heavy atom. The zero-order valence-corrected chi connectivity index (χ0v) is 21.9. The summed E-state index contributed by atoms with van der Waals surface area (Å²) in [4.78, 5) is 23.8. The summed E-state index contributed by atoms with van der Waals surface area (Å²) in [7, 11) is 0. The van der Waals surface area contributed by atoms with E-state index in [0.29, 0.717) is 48.7 Å². The van der Waals surface area contributed by atoms with E-state index in [-0.39, 0.29) is 11.6 Å². The maximum absolute atomic E-state index is 14.7. The fourth-order valence-electron chi connectivity index (χ4n) is 4.25. The summed E-state index contributed by atoms with van der Waals surface area (Å²) in [6.07, 6.45) is -1.36. The number of ether oxygens (including phenoxy) is 2. The monoisotopic (exact) mass is 530 g/mol. The molecule has 0 radical (unpaired) electrons. The van der Waals surface area contributed by atoms with Gasteiger partial charge in [-0.25, -0.2) is 9.38 Å². The lowest BCUT2D eigenvalue weighted by Gasteiger charge is -2.30. The third-order valence-corrected chi connectivity index (χ3v) is 6.01. The highest BCUT2D eigenvalue weighted by molar-refractivity contribution is 6.19. The van der Waals surface area contributed by atoms with E-state index in [9.17, 15) is 9.18 Å². The number of nitrogens with one attached hydrogen (secondary N) is 2. The van der Waals surface area contributed by atoms with Crippen LogP contribution in [0.1, 0.15) is 30.5 Å². The van der Waals surface area contributed by atoms with Gasteiger partial charge in [0.25, 0.3) is 11.9 Å². The molecule has 1 saturated heterocycles. The first-order valence-corrected chi connectivity index (χ1v) is 12.8. The van der Waals surface area contributed by atoms with Gasteiger partial charge in [0.15, 0.2) is 0 Å². The van der Waals surface area contributed by atoms with Crippen LogP contribution in [0.5, 0.6) is 0 Å². The summed E-state index contributed by atoms with van der Waals surface area (Å²) in [6.45, 7) is 6.55. The van der Waals surface area contributed by atoms with Crippen LogP contribution in [-0.4, -0.2) is 56.0 Å².